The zero-order chi connectivity index (χ0) is 6.20. The van der Waals surface area contributed by atoms with E-state index in [2.05, 4.69) is 0 Å². The molecule has 1 aliphatic rings. The Labute approximate surface area is 47.8 Å². The zero-order valence-electron chi connectivity index (χ0n) is 4.81. The summed E-state index contributed by atoms with van der Waals surface area (Å²) in [6.07, 6.45) is 0.766. The van der Waals surface area contributed by atoms with Gasteiger partial charge < -0.3 is 10.5 Å². The molecule has 0 aromatic carbocycles. The second-order valence-electron chi connectivity index (χ2n) is 2.19. The van der Waals surface area contributed by atoms with Gasteiger partial charge in [0.25, 0.3) is 0 Å². The largest absolute Gasteiger partial charge is 0.367 e. The molecule has 0 aromatic rings. The highest BCUT2D eigenvalue weighted by Crippen LogP contribution is 2.24. The number of ether oxygens (including phenoxy) is 1. The van der Waals surface area contributed by atoms with Gasteiger partial charge in [-0.05, 0) is 6.92 Å². The van der Waals surface area contributed by atoms with Crippen LogP contribution in [0.3, 0.4) is 0 Å². The van der Waals surface area contributed by atoms with Crippen molar-refractivity contribution in [2.24, 2.45) is 5.73 Å². The van der Waals surface area contributed by atoms with Gasteiger partial charge >= 0.3 is 0 Å². The molecule has 1 fully saturated rings. The first-order valence-electron chi connectivity index (χ1n) is 2.59. The molecular formula is C5H9NO2. The minimum Gasteiger partial charge on any atom is -0.367 e. The fourth-order valence-electron chi connectivity index (χ4n) is 0.603. The van der Waals surface area contributed by atoms with Gasteiger partial charge in [-0.15, -0.1) is 0 Å². The van der Waals surface area contributed by atoms with Crippen molar-refractivity contribution >= 4 is 5.91 Å². The van der Waals surface area contributed by atoms with E-state index < -0.39 is 5.60 Å². The summed E-state index contributed by atoms with van der Waals surface area (Å²) in [6.45, 7) is 2.37. The summed E-state index contributed by atoms with van der Waals surface area (Å²) in [5, 5.41) is 0. The summed E-state index contributed by atoms with van der Waals surface area (Å²) < 4.78 is 4.91. The maximum absolute atomic E-state index is 10.4. The van der Waals surface area contributed by atoms with Crippen LogP contribution in [0, 0.1) is 0 Å². The molecule has 0 aromatic heterocycles. The van der Waals surface area contributed by atoms with Crippen LogP contribution in [-0.4, -0.2) is 18.1 Å². The van der Waals surface area contributed by atoms with Gasteiger partial charge in [-0.25, -0.2) is 0 Å². The normalized spacial score (nSPS) is 36.1. The number of nitrogens with two attached hydrogens (primary N) is 1. The SMILES string of the molecule is CC1(C(N)=O)CCO1. The highest BCUT2D eigenvalue weighted by atomic mass is 16.5. The standard InChI is InChI=1S/C5H9NO2/c1-5(4(6)7)2-3-8-5/h2-3H2,1H3,(H2,6,7). The Morgan fingerprint density at radius 3 is 2.38 bits per heavy atom. The molecule has 2 N–H and O–H groups in total. The van der Waals surface area contributed by atoms with Crippen LogP contribution in [-0.2, 0) is 9.53 Å². The van der Waals surface area contributed by atoms with Crippen LogP contribution < -0.4 is 5.73 Å². The van der Waals surface area contributed by atoms with Crippen LogP contribution in [0.25, 0.3) is 0 Å². The average Bonchev–Trinajstić information content (AvgIpc) is 1.60. The van der Waals surface area contributed by atoms with E-state index in [1.165, 1.54) is 0 Å². The summed E-state index contributed by atoms with van der Waals surface area (Å²) in [5.74, 6) is -0.358. The van der Waals surface area contributed by atoms with Crippen molar-refractivity contribution in [1.29, 1.82) is 0 Å². The van der Waals surface area contributed by atoms with Crippen LogP contribution in [0.4, 0.5) is 0 Å². The average molecular weight is 115 g/mol. The molecule has 1 heterocycles. The van der Waals surface area contributed by atoms with E-state index in [1.54, 1.807) is 6.92 Å². The van der Waals surface area contributed by atoms with E-state index in [9.17, 15) is 4.79 Å². The molecule has 3 nitrogen and oxygen atoms in total. The minimum atomic E-state index is -0.639. The van der Waals surface area contributed by atoms with Gasteiger partial charge in [-0.1, -0.05) is 0 Å². The van der Waals surface area contributed by atoms with Crippen LogP contribution in [0.2, 0.25) is 0 Å². The number of carbonyl (C=O) groups excluding carboxylic acids is 1. The Morgan fingerprint density at radius 2 is 2.38 bits per heavy atom. The monoisotopic (exact) mass is 115 g/mol. The number of primary amides is 1. The van der Waals surface area contributed by atoms with Crippen molar-refractivity contribution in [2.75, 3.05) is 6.61 Å². The maximum atomic E-state index is 10.4. The smallest absolute Gasteiger partial charge is 0.249 e. The highest BCUT2D eigenvalue weighted by Gasteiger charge is 2.38. The summed E-state index contributed by atoms with van der Waals surface area (Å²) >= 11 is 0. The van der Waals surface area contributed by atoms with Crippen LogP contribution in [0.5, 0.6) is 0 Å². The predicted octanol–water partition coefficient (Wildman–Crippen LogP) is -0.349. The molecule has 0 radical (unpaired) electrons. The Kier molecular flexibility index (Phi) is 1.01. The lowest BCUT2D eigenvalue weighted by Crippen LogP contribution is -2.51. The third-order valence-electron chi connectivity index (χ3n) is 1.52. The second kappa shape index (κ2) is 1.45. The molecular weight excluding hydrogens is 106 g/mol. The highest BCUT2D eigenvalue weighted by molar-refractivity contribution is 5.83. The first-order valence-corrected chi connectivity index (χ1v) is 2.59. The maximum Gasteiger partial charge on any atom is 0.249 e. The fourth-order valence-corrected chi connectivity index (χ4v) is 0.603. The molecule has 0 aliphatic carbocycles. The molecule has 1 unspecified atom stereocenters. The number of carbonyl (C=O) groups is 1. The van der Waals surface area contributed by atoms with Gasteiger partial charge in [0.15, 0.2) is 0 Å². The predicted molar refractivity (Wildman–Crippen MR) is 28.2 cm³/mol. The Hall–Kier alpha value is -0.570. The molecule has 46 valence electrons. The lowest BCUT2D eigenvalue weighted by Gasteiger charge is -2.34. The van der Waals surface area contributed by atoms with Crippen molar-refractivity contribution in [1.82, 2.24) is 0 Å². The van der Waals surface area contributed by atoms with Crippen LogP contribution >= 0.6 is 0 Å². The fraction of sp³-hybridized carbons (Fsp3) is 0.800. The van der Waals surface area contributed by atoms with Crippen molar-refractivity contribution in [3.8, 4) is 0 Å². The summed E-state index contributed by atoms with van der Waals surface area (Å²) in [5.41, 5.74) is 4.33. The second-order valence-corrected chi connectivity index (χ2v) is 2.19. The molecule has 0 saturated carbocycles. The molecule has 1 amide bonds. The molecule has 0 bridgehead atoms. The molecule has 3 heteroatoms. The van der Waals surface area contributed by atoms with E-state index in [4.69, 9.17) is 10.5 Å². The molecule has 1 aliphatic heterocycles. The van der Waals surface area contributed by atoms with Crippen molar-refractivity contribution < 1.29 is 9.53 Å². The number of hydrogen-bond donors (Lipinski definition) is 1. The number of rotatable bonds is 1. The van der Waals surface area contributed by atoms with Gasteiger partial charge in [0.1, 0.15) is 5.60 Å². The van der Waals surface area contributed by atoms with Gasteiger partial charge in [0.2, 0.25) is 5.91 Å². The minimum absolute atomic E-state index is 0.358. The zero-order valence-corrected chi connectivity index (χ0v) is 4.81. The summed E-state index contributed by atoms with van der Waals surface area (Å²) in [4.78, 5) is 10.4. The van der Waals surface area contributed by atoms with Crippen LogP contribution in [0.1, 0.15) is 13.3 Å². The quantitative estimate of drug-likeness (QED) is 0.508. The Balaban J connectivity index is 2.53. The van der Waals surface area contributed by atoms with Gasteiger partial charge in [-0.2, -0.15) is 0 Å². The first-order chi connectivity index (χ1) is 3.65. The van der Waals surface area contributed by atoms with E-state index >= 15 is 0 Å². The van der Waals surface area contributed by atoms with Gasteiger partial charge in [-0.3, -0.25) is 4.79 Å². The molecule has 1 atom stereocenters. The third kappa shape index (κ3) is 0.591. The molecule has 1 saturated heterocycles. The Bertz CT molecular complexity index is 118. The lowest BCUT2D eigenvalue weighted by molar-refractivity contribution is -0.167. The number of hydrogen-bond acceptors (Lipinski definition) is 2. The number of amides is 1. The van der Waals surface area contributed by atoms with E-state index in [0.717, 1.165) is 6.42 Å². The molecule has 8 heavy (non-hydrogen) atoms. The lowest BCUT2D eigenvalue weighted by atomic mass is 9.97. The van der Waals surface area contributed by atoms with Gasteiger partial charge in [0.05, 0.1) is 6.61 Å². The third-order valence-corrected chi connectivity index (χ3v) is 1.52. The van der Waals surface area contributed by atoms with E-state index in [0.29, 0.717) is 6.61 Å². The van der Waals surface area contributed by atoms with Crippen LogP contribution in [0.15, 0.2) is 0 Å². The van der Waals surface area contributed by atoms with Crippen molar-refractivity contribution in [3.63, 3.8) is 0 Å². The molecule has 1 rings (SSSR count). The summed E-state index contributed by atoms with van der Waals surface area (Å²) in [7, 11) is 0. The van der Waals surface area contributed by atoms with Crippen molar-refractivity contribution in [2.45, 2.75) is 18.9 Å². The van der Waals surface area contributed by atoms with E-state index in [1.807, 2.05) is 0 Å². The Morgan fingerprint density at radius 1 is 1.88 bits per heavy atom. The van der Waals surface area contributed by atoms with Crippen molar-refractivity contribution in [3.05, 3.63) is 0 Å². The molecule has 0 spiro atoms. The van der Waals surface area contributed by atoms with E-state index in [-0.39, 0.29) is 5.91 Å². The first kappa shape index (κ1) is 5.56. The van der Waals surface area contributed by atoms with Gasteiger partial charge in [0, 0.05) is 6.42 Å². The topological polar surface area (TPSA) is 52.3 Å². The summed E-state index contributed by atoms with van der Waals surface area (Å²) in [6, 6.07) is 0.